The number of benzene rings is 2. The van der Waals surface area contributed by atoms with Crippen LogP contribution in [0, 0.1) is 0 Å². The minimum atomic E-state index is 0.764. The van der Waals surface area contributed by atoms with Crippen LogP contribution in [0.4, 0.5) is 0 Å². The number of nitrogens with zero attached hydrogens (tertiary/aromatic N) is 4. The second-order valence-electron chi connectivity index (χ2n) is 5.41. The Hall–Kier alpha value is -1.83. The Bertz CT molecular complexity index is 945. The van der Waals surface area contributed by atoms with Crippen LogP contribution in [0.2, 0.25) is 0 Å². The molecule has 0 saturated carbocycles. The molecule has 126 valence electrons. The Morgan fingerprint density at radius 2 is 1.80 bits per heavy atom. The Morgan fingerprint density at radius 1 is 1.00 bits per heavy atom. The van der Waals surface area contributed by atoms with E-state index < -0.39 is 0 Å². The molecule has 0 spiro atoms. The van der Waals surface area contributed by atoms with Gasteiger partial charge in [0.25, 0.3) is 0 Å². The molecule has 7 heteroatoms. The van der Waals surface area contributed by atoms with Crippen molar-refractivity contribution in [3.05, 3.63) is 66.0 Å². The van der Waals surface area contributed by atoms with E-state index in [-0.39, 0.29) is 0 Å². The summed E-state index contributed by atoms with van der Waals surface area (Å²) in [6, 6.07) is 18.7. The molecule has 4 rings (SSSR count). The van der Waals surface area contributed by atoms with Crippen molar-refractivity contribution in [1.29, 1.82) is 0 Å². The number of fused-ring (bicyclic) bond motifs is 1. The molecule has 0 N–H and O–H groups in total. The fourth-order valence-electron chi connectivity index (χ4n) is 2.54. The Kier molecular flexibility index (Phi) is 5.05. The highest BCUT2D eigenvalue weighted by Gasteiger charge is 2.13. The molecule has 0 radical (unpaired) electrons. The Labute approximate surface area is 158 Å². The number of hydrogen-bond donors (Lipinski definition) is 0. The summed E-state index contributed by atoms with van der Waals surface area (Å²) < 4.78 is 4.49. The minimum absolute atomic E-state index is 0.764. The van der Waals surface area contributed by atoms with Gasteiger partial charge in [0.1, 0.15) is 5.82 Å². The molecule has 0 aliphatic heterocycles. The fraction of sp³-hybridized carbons (Fsp3) is 0.167. The molecule has 0 unspecified atom stereocenters. The quantitative estimate of drug-likeness (QED) is 0.440. The van der Waals surface area contributed by atoms with E-state index in [1.165, 1.54) is 10.3 Å². The molecule has 0 atom stereocenters. The first-order chi connectivity index (χ1) is 12.3. The van der Waals surface area contributed by atoms with Gasteiger partial charge in [-0.2, -0.15) is 0 Å². The predicted octanol–water partition coefficient (Wildman–Crippen LogP) is 4.95. The van der Waals surface area contributed by atoms with Crippen LogP contribution in [-0.2, 0) is 12.3 Å². The van der Waals surface area contributed by atoms with Crippen molar-refractivity contribution in [1.82, 2.24) is 19.7 Å². The summed E-state index contributed by atoms with van der Waals surface area (Å²) in [4.78, 5) is 4.69. The normalized spacial score (nSPS) is 11.2. The molecule has 2 aromatic carbocycles. The first kappa shape index (κ1) is 16.6. The van der Waals surface area contributed by atoms with Crippen molar-refractivity contribution in [2.75, 3.05) is 6.26 Å². The van der Waals surface area contributed by atoms with E-state index in [2.05, 4.69) is 62.2 Å². The largest absolute Gasteiger partial charge is 0.301 e. The predicted molar refractivity (Wildman–Crippen MR) is 107 cm³/mol. The van der Waals surface area contributed by atoms with Gasteiger partial charge in [0.15, 0.2) is 9.50 Å². The summed E-state index contributed by atoms with van der Waals surface area (Å²) in [6.45, 7) is 0.791. The van der Waals surface area contributed by atoms with Crippen LogP contribution >= 0.6 is 34.9 Å². The summed E-state index contributed by atoms with van der Waals surface area (Å²) in [6.07, 6.45) is 2.04. The van der Waals surface area contributed by atoms with Crippen LogP contribution in [0.15, 0.2) is 64.1 Å². The van der Waals surface area contributed by atoms with Crippen molar-refractivity contribution in [2.45, 2.75) is 21.8 Å². The third-order valence-electron chi connectivity index (χ3n) is 3.76. The Balaban J connectivity index is 1.54. The molecule has 0 aliphatic rings. The molecule has 0 saturated heterocycles. The van der Waals surface area contributed by atoms with Gasteiger partial charge >= 0.3 is 0 Å². The third kappa shape index (κ3) is 3.73. The number of hydrogen-bond acceptors (Lipinski definition) is 6. The van der Waals surface area contributed by atoms with Gasteiger partial charge in [-0.05, 0) is 24.0 Å². The topological polar surface area (TPSA) is 43.6 Å². The highest BCUT2D eigenvalue weighted by Crippen LogP contribution is 2.31. The average molecular weight is 385 g/mol. The molecule has 2 heterocycles. The zero-order chi connectivity index (χ0) is 17.1. The third-order valence-corrected chi connectivity index (χ3v) is 6.60. The van der Waals surface area contributed by atoms with E-state index in [9.17, 15) is 0 Å². The zero-order valence-electron chi connectivity index (χ0n) is 13.6. The van der Waals surface area contributed by atoms with Gasteiger partial charge < -0.3 is 4.57 Å². The van der Waals surface area contributed by atoms with E-state index in [1.807, 2.05) is 18.4 Å². The number of aromatic nitrogens is 4. The molecule has 0 amide bonds. The SMILES string of the molecule is CSc1nnc(CSc2nc3ccccc3s2)n1Cc1ccccc1. The standard InChI is InChI=1S/C18H16N4S3/c1-23-17-21-20-16(22(17)11-13-7-3-2-4-8-13)12-24-18-19-14-9-5-6-10-15(14)25-18/h2-10H,11-12H2,1H3. The van der Waals surface area contributed by atoms with Gasteiger partial charge in [0.05, 0.1) is 22.5 Å². The van der Waals surface area contributed by atoms with Gasteiger partial charge in [-0.1, -0.05) is 66.0 Å². The van der Waals surface area contributed by atoms with Gasteiger partial charge in [0, 0.05) is 0 Å². The second kappa shape index (κ2) is 7.59. The molecule has 0 bridgehead atoms. The first-order valence-corrected chi connectivity index (χ1v) is 10.8. The van der Waals surface area contributed by atoms with Gasteiger partial charge in [-0.3, -0.25) is 0 Å². The number of thioether (sulfide) groups is 2. The molecule has 4 nitrogen and oxygen atoms in total. The van der Waals surface area contributed by atoms with E-state index in [4.69, 9.17) is 0 Å². The lowest BCUT2D eigenvalue weighted by Gasteiger charge is -2.08. The fourth-order valence-corrected chi connectivity index (χ4v) is 5.06. The summed E-state index contributed by atoms with van der Waals surface area (Å²) in [5, 5.41) is 9.68. The minimum Gasteiger partial charge on any atom is -0.301 e. The van der Waals surface area contributed by atoms with Crippen molar-refractivity contribution < 1.29 is 0 Å². The molecule has 0 aliphatic carbocycles. The number of rotatable bonds is 6. The van der Waals surface area contributed by atoms with Crippen LogP contribution < -0.4 is 0 Å². The molecular weight excluding hydrogens is 368 g/mol. The first-order valence-electron chi connectivity index (χ1n) is 7.82. The number of para-hydroxylation sites is 1. The van der Waals surface area contributed by atoms with E-state index in [0.717, 1.165) is 33.1 Å². The average Bonchev–Trinajstić information content (AvgIpc) is 3.24. The number of thiazole rings is 1. The lowest BCUT2D eigenvalue weighted by molar-refractivity contribution is 0.686. The molecule has 2 aromatic heterocycles. The maximum Gasteiger partial charge on any atom is 0.191 e. The van der Waals surface area contributed by atoms with E-state index in [1.54, 1.807) is 34.9 Å². The molecule has 4 aromatic rings. The zero-order valence-corrected chi connectivity index (χ0v) is 16.1. The summed E-state index contributed by atoms with van der Waals surface area (Å²) in [7, 11) is 0. The highest BCUT2D eigenvalue weighted by molar-refractivity contribution is 8.00. The summed E-state index contributed by atoms with van der Waals surface area (Å²) in [5.41, 5.74) is 2.31. The maximum atomic E-state index is 4.69. The Morgan fingerprint density at radius 3 is 2.60 bits per heavy atom. The van der Waals surface area contributed by atoms with E-state index >= 15 is 0 Å². The lowest BCUT2D eigenvalue weighted by Crippen LogP contribution is -2.05. The highest BCUT2D eigenvalue weighted by atomic mass is 32.2. The summed E-state index contributed by atoms with van der Waals surface area (Å²) in [5.74, 6) is 1.75. The lowest BCUT2D eigenvalue weighted by atomic mass is 10.2. The van der Waals surface area contributed by atoms with Crippen molar-refractivity contribution in [3.8, 4) is 0 Å². The van der Waals surface area contributed by atoms with Crippen LogP contribution in [0.3, 0.4) is 0 Å². The molecular formula is C18H16N4S3. The van der Waals surface area contributed by atoms with Gasteiger partial charge in [-0.25, -0.2) is 4.98 Å². The molecule has 0 fully saturated rings. The van der Waals surface area contributed by atoms with Gasteiger partial charge in [0.2, 0.25) is 0 Å². The van der Waals surface area contributed by atoms with Crippen molar-refractivity contribution in [3.63, 3.8) is 0 Å². The van der Waals surface area contributed by atoms with Crippen LogP contribution in [0.25, 0.3) is 10.2 Å². The van der Waals surface area contributed by atoms with Crippen molar-refractivity contribution >= 4 is 45.1 Å². The van der Waals surface area contributed by atoms with Crippen LogP contribution in [-0.4, -0.2) is 26.0 Å². The van der Waals surface area contributed by atoms with Crippen LogP contribution in [0.1, 0.15) is 11.4 Å². The molecule has 25 heavy (non-hydrogen) atoms. The monoisotopic (exact) mass is 384 g/mol. The second-order valence-corrected chi connectivity index (χ2v) is 8.44. The van der Waals surface area contributed by atoms with Crippen LogP contribution in [0.5, 0.6) is 0 Å². The van der Waals surface area contributed by atoms with Crippen molar-refractivity contribution in [2.24, 2.45) is 0 Å². The smallest absolute Gasteiger partial charge is 0.191 e. The van der Waals surface area contributed by atoms with E-state index in [0.29, 0.717) is 0 Å². The maximum absolute atomic E-state index is 4.69. The summed E-state index contributed by atoms with van der Waals surface area (Å²) >= 11 is 5.08. The van der Waals surface area contributed by atoms with Gasteiger partial charge in [-0.15, -0.1) is 21.5 Å².